The molecule has 1 N–H and O–H groups in total. The summed E-state index contributed by atoms with van der Waals surface area (Å²) >= 11 is 0. The third-order valence-corrected chi connectivity index (χ3v) is 11.3. The summed E-state index contributed by atoms with van der Waals surface area (Å²) in [6.07, 6.45) is 4.79. The number of hydrogen-bond acceptors (Lipinski definition) is 8. The molecule has 1 aromatic heterocycles. The number of imidazole rings is 1. The van der Waals surface area contributed by atoms with Crippen molar-refractivity contribution in [2.45, 2.75) is 70.7 Å². The summed E-state index contributed by atoms with van der Waals surface area (Å²) in [6, 6.07) is 24.3. The van der Waals surface area contributed by atoms with E-state index in [2.05, 4.69) is 47.4 Å². The molecule has 5 aromatic rings. The quantitative estimate of drug-likeness (QED) is 0.169. The first-order valence-electron chi connectivity index (χ1n) is 19.6. The Morgan fingerprint density at radius 2 is 1.84 bits per heavy atom. The van der Waals surface area contributed by atoms with Crippen LogP contribution >= 0.6 is 0 Å². The zero-order valence-corrected chi connectivity index (χ0v) is 32.3. The summed E-state index contributed by atoms with van der Waals surface area (Å²) in [6.45, 7) is 7.93. The average molecular weight is 754 g/mol. The molecule has 56 heavy (non-hydrogen) atoms. The standard InChI is InChI=1S/C45H47N5O6/c1-45(2,3)56-44(52)50-23-27(24-53-4)17-40(50)43-46-22-38(48-43)29-12-14-32-30(18-29)25-55-41-21-33-28(19-35(32)41)13-15-36-34(33)20-37(47-36)39-11-8-16-49(39)42(51)26-54-31-9-6-5-7-10-31/h5-7,9-10,12-15,18-19,21-22,27,39-40H,8,11,16-17,20,23-26H2,1-4H3,(H,46,48)/t27-,39-,40-/m0/s1. The van der Waals surface area contributed by atoms with Crippen LogP contribution in [-0.4, -0.2) is 82.5 Å². The van der Waals surface area contributed by atoms with Gasteiger partial charge in [-0.1, -0.05) is 36.4 Å². The molecule has 4 aromatic carbocycles. The Kier molecular flexibility index (Phi) is 9.28. The van der Waals surface area contributed by atoms with Gasteiger partial charge in [0.15, 0.2) is 6.61 Å². The van der Waals surface area contributed by atoms with Gasteiger partial charge >= 0.3 is 6.09 Å². The molecule has 4 aliphatic rings. The van der Waals surface area contributed by atoms with Crippen molar-refractivity contribution in [3.63, 3.8) is 0 Å². The van der Waals surface area contributed by atoms with Gasteiger partial charge in [0.1, 0.15) is 29.5 Å². The SMILES string of the molecule is COC[C@H]1C[C@@H](c2ncc(-c3ccc4c(c3)COc3cc5c6c(ccc5cc3-4)N=C([C@@H]3CCCN3C(=O)COc3ccccc3)C6)[nH]2)N(C(=O)OC(C)(C)C)C1. The van der Waals surface area contributed by atoms with Crippen molar-refractivity contribution in [2.75, 3.05) is 33.4 Å². The van der Waals surface area contributed by atoms with Crippen LogP contribution in [0.3, 0.4) is 0 Å². The number of carbonyl (C=O) groups excluding carboxylic acids is 2. The minimum Gasteiger partial charge on any atom is -0.488 e. The molecule has 9 rings (SSSR count). The third-order valence-electron chi connectivity index (χ3n) is 11.3. The van der Waals surface area contributed by atoms with Gasteiger partial charge in [-0.05, 0) is 109 Å². The Balaban J connectivity index is 0.924. The van der Waals surface area contributed by atoms with Crippen LogP contribution in [0.1, 0.15) is 63.0 Å². The van der Waals surface area contributed by atoms with Crippen LogP contribution in [0.4, 0.5) is 10.5 Å². The average Bonchev–Trinajstić information content (AvgIpc) is 4.02. The number of amides is 2. The Morgan fingerprint density at radius 3 is 2.66 bits per heavy atom. The van der Waals surface area contributed by atoms with Crippen LogP contribution in [0.2, 0.25) is 0 Å². The number of hydrogen-bond donors (Lipinski definition) is 1. The van der Waals surface area contributed by atoms with E-state index in [1.165, 1.54) is 5.56 Å². The third kappa shape index (κ3) is 6.89. The lowest BCUT2D eigenvalue weighted by molar-refractivity contribution is -0.133. The molecule has 0 saturated carbocycles. The molecular formula is C45H47N5O6. The largest absolute Gasteiger partial charge is 0.488 e. The van der Waals surface area contributed by atoms with Gasteiger partial charge in [-0.15, -0.1) is 0 Å². The van der Waals surface area contributed by atoms with Gasteiger partial charge in [0.25, 0.3) is 5.91 Å². The topological polar surface area (TPSA) is 119 Å². The molecule has 0 radical (unpaired) electrons. The molecule has 0 unspecified atom stereocenters. The van der Waals surface area contributed by atoms with E-state index in [4.69, 9.17) is 28.9 Å². The van der Waals surface area contributed by atoms with E-state index >= 15 is 0 Å². The number of nitrogens with zero attached hydrogens (tertiary/aromatic N) is 4. The Bertz CT molecular complexity index is 2350. The molecule has 5 heterocycles. The molecule has 3 atom stereocenters. The van der Waals surface area contributed by atoms with Crippen molar-refractivity contribution in [1.29, 1.82) is 0 Å². The van der Waals surface area contributed by atoms with E-state index in [1.54, 1.807) is 12.0 Å². The fourth-order valence-corrected chi connectivity index (χ4v) is 8.76. The first-order chi connectivity index (χ1) is 27.1. The van der Waals surface area contributed by atoms with E-state index in [9.17, 15) is 9.59 Å². The van der Waals surface area contributed by atoms with Crippen LogP contribution in [0, 0.1) is 5.92 Å². The predicted molar refractivity (Wildman–Crippen MR) is 214 cm³/mol. The number of H-pyrrole nitrogens is 1. The van der Waals surface area contributed by atoms with Crippen LogP contribution in [-0.2, 0) is 27.3 Å². The molecule has 0 spiro atoms. The van der Waals surface area contributed by atoms with E-state index in [0.29, 0.717) is 38.5 Å². The van der Waals surface area contributed by atoms with Crippen molar-refractivity contribution >= 4 is 34.2 Å². The van der Waals surface area contributed by atoms with E-state index in [0.717, 1.165) is 81.0 Å². The molecular weight excluding hydrogens is 707 g/mol. The highest BCUT2D eigenvalue weighted by atomic mass is 16.6. The fourth-order valence-electron chi connectivity index (χ4n) is 8.76. The van der Waals surface area contributed by atoms with Gasteiger partial charge in [-0.3, -0.25) is 14.7 Å². The molecule has 2 saturated heterocycles. The second-order valence-corrected chi connectivity index (χ2v) is 16.3. The highest BCUT2D eigenvalue weighted by Gasteiger charge is 2.40. The van der Waals surface area contributed by atoms with Gasteiger partial charge in [-0.2, -0.15) is 0 Å². The second kappa shape index (κ2) is 14.4. The number of aromatic amines is 1. The normalized spacial score (nSPS) is 20.0. The van der Waals surface area contributed by atoms with Gasteiger partial charge in [-0.25, -0.2) is 9.78 Å². The van der Waals surface area contributed by atoms with Crippen molar-refractivity contribution in [3.05, 3.63) is 95.9 Å². The zero-order chi connectivity index (χ0) is 38.6. The number of aromatic nitrogens is 2. The molecule has 11 heteroatoms. The van der Waals surface area contributed by atoms with Gasteiger partial charge in [0.2, 0.25) is 0 Å². The maximum Gasteiger partial charge on any atom is 0.410 e. The van der Waals surface area contributed by atoms with Crippen molar-refractivity contribution in [2.24, 2.45) is 10.9 Å². The van der Waals surface area contributed by atoms with E-state index < -0.39 is 5.60 Å². The number of para-hydroxylation sites is 1. The molecule has 288 valence electrons. The number of rotatable bonds is 8. The minimum absolute atomic E-state index is 0.00753. The van der Waals surface area contributed by atoms with Gasteiger partial charge in [0.05, 0.1) is 36.3 Å². The summed E-state index contributed by atoms with van der Waals surface area (Å²) in [5.74, 6) is 2.47. The highest BCUT2D eigenvalue weighted by Crippen LogP contribution is 2.45. The van der Waals surface area contributed by atoms with E-state index in [1.807, 2.05) is 62.2 Å². The van der Waals surface area contributed by atoms with Crippen LogP contribution in [0.25, 0.3) is 33.2 Å². The summed E-state index contributed by atoms with van der Waals surface area (Å²) < 4.78 is 23.5. The number of methoxy groups -OCH3 is 1. The van der Waals surface area contributed by atoms with Crippen molar-refractivity contribution in [3.8, 4) is 33.9 Å². The number of benzene rings is 4. The molecule has 4 aliphatic heterocycles. The summed E-state index contributed by atoms with van der Waals surface area (Å²) in [7, 11) is 1.69. The summed E-state index contributed by atoms with van der Waals surface area (Å²) in [5.41, 5.74) is 7.76. The second-order valence-electron chi connectivity index (χ2n) is 16.3. The lowest BCUT2D eigenvalue weighted by Gasteiger charge is -2.27. The predicted octanol–water partition coefficient (Wildman–Crippen LogP) is 8.43. The lowest BCUT2D eigenvalue weighted by Crippen LogP contribution is -2.42. The highest BCUT2D eigenvalue weighted by molar-refractivity contribution is 6.06. The molecule has 0 aliphatic carbocycles. The first kappa shape index (κ1) is 36.0. The van der Waals surface area contributed by atoms with Crippen LogP contribution in [0.15, 0.2) is 84.0 Å². The van der Waals surface area contributed by atoms with Gasteiger partial charge < -0.3 is 28.8 Å². The maximum atomic E-state index is 13.3. The van der Waals surface area contributed by atoms with Gasteiger partial charge in [0, 0.05) is 43.8 Å². The number of ether oxygens (including phenoxy) is 4. The van der Waals surface area contributed by atoms with E-state index in [-0.39, 0.29) is 36.6 Å². The van der Waals surface area contributed by atoms with Crippen molar-refractivity contribution < 1.29 is 28.5 Å². The monoisotopic (exact) mass is 753 g/mol. The lowest BCUT2D eigenvalue weighted by atomic mass is 9.91. The Morgan fingerprint density at radius 1 is 0.982 bits per heavy atom. The number of carbonyl (C=O) groups is 2. The Labute approximate surface area is 326 Å². The smallest absolute Gasteiger partial charge is 0.410 e. The first-order valence-corrected chi connectivity index (χ1v) is 19.6. The number of likely N-dealkylation sites (tertiary alicyclic amines) is 2. The Hall–Kier alpha value is -5.68. The molecule has 2 amide bonds. The number of aliphatic imine (C=N–C) groups is 1. The zero-order valence-electron chi connectivity index (χ0n) is 32.3. The number of nitrogens with one attached hydrogen (secondary N) is 1. The van der Waals surface area contributed by atoms with Crippen LogP contribution < -0.4 is 9.47 Å². The van der Waals surface area contributed by atoms with Crippen LogP contribution in [0.5, 0.6) is 11.5 Å². The molecule has 0 bridgehead atoms. The fraction of sp³-hybridized carbons (Fsp3) is 0.378. The molecule has 2 fully saturated rings. The summed E-state index contributed by atoms with van der Waals surface area (Å²) in [4.78, 5) is 43.6. The number of fused-ring (bicyclic) bond motifs is 6. The van der Waals surface area contributed by atoms with Crippen molar-refractivity contribution in [1.82, 2.24) is 19.8 Å². The summed E-state index contributed by atoms with van der Waals surface area (Å²) in [5, 5.41) is 2.26. The molecule has 11 nitrogen and oxygen atoms in total. The minimum atomic E-state index is -0.594. The maximum absolute atomic E-state index is 13.3.